The van der Waals surface area contributed by atoms with Gasteiger partial charge in [0.15, 0.2) is 17.0 Å². The van der Waals surface area contributed by atoms with Crippen LogP contribution in [0.25, 0.3) is 22.3 Å². The Morgan fingerprint density at radius 3 is 2.07 bits per heavy atom. The van der Waals surface area contributed by atoms with Crippen molar-refractivity contribution in [3.8, 4) is 11.1 Å². The van der Waals surface area contributed by atoms with Gasteiger partial charge in [-0.1, -0.05) is 54.6 Å². The number of benzene rings is 2. The Balaban J connectivity index is 0.000000382. The predicted octanol–water partition coefficient (Wildman–Crippen LogP) is 5.65. The van der Waals surface area contributed by atoms with E-state index >= 15 is 0 Å². The van der Waals surface area contributed by atoms with Gasteiger partial charge in [-0.15, -0.1) is 0 Å². The van der Waals surface area contributed by atoms with E-state index in [0.29, 0.717) is 18.5 Å². The topological polar surface area (TPSA) is 134 Å². The number of imidazole rings is 1. The summed E-state index contributed by atoms with van der Waals surface area (Å²) in [4.78, 5) is 14.2. The first-order chi connectivity index (χ1) is 20.4. The van der Waals surface area contributed by atoms with E-state index in [1.54, 1.807) is 0 Å². The number of hydrogen-bond donors (Lipinski definition) is 5. The molecule has 2 aromatic heterocycles. The van der Waals surface area contributed by atoms with E-state index in [1.807, 2.05) is 12.4 Å². The van der Waals surface area contributed by atoms with E-state index < -0.39 is 0 Å². The van der Waals surface area contributed by atoms with E-state index in [1.165, 1.54) is 16.7 Å². The first-order valence-corrected chi connectivity index (χ1v) is 15.4. The Kier molecular flexibility index (Phi) is 10.0. The SMILES string of the molecule is CC(C)n1cnc2c(NCc3ccc(-c4ccccc4)cc3)nc(NC3CCC(O)CC3)nc21.NC1CCC(O)CC1. The van der Waals surface area contributed by atoms with Crippen LogP contribution in [-0.2, 0) is 6.54 Å². The fourth-order valence-corrected chi connectivity index (χ4v) is 5.62. The third-order valence-corrected chi connectivity index (χ3v) is 8.27. The summed E-state index contributed by atoms with van der Waals surface area (Å²) in [6, 6.07) is 19.9. The quantitative estimate of drug-likeness (QED) is 0.192. The number of nitrogens with one attached hydrogen (secondary N) is 2. The van der Waals surface area contributed by atoms with Crippen LogP contribution in [0.3, 0.4) is 0 Å². The van der Waals surface area contributed by atoms with Gasteiger partial charge in [-0.2, -0.15) is 9.97 Å². The van der Waals surface area contributed by atoms with Crippen LogP contribution < -0.4 is 16.4 Å². The Morgan fingerprint density at radius 1 is 0.833 bits per heavy atom. The smallest absolute Gasteiger partial charge is 0.227 e. The number of aromatic nitrogens is 4. The lowest BCUT2D eigenvalue weighted by Gasteiger charge is -2.26. The van der Waals surface area contributed by atoms with E-state index in [9.17, 15) is 5.11 Å². The van der Waals surface area contributed by atoms with Gasteiger partial charge < -0.3 is 31.1 Å². The molecule has 6 rings (SSSR count). The van der Waals surface area contributed by atoms with Crippen LogP contribution in [0.5, 0.6) is 0 Å². The summed E-state index contributed by atoms with van der Waals surface area (Å²) in [6.07, 6.45) is 8.87. The monoisotopic (exact) mass is 571 g/mol. The van der Waals surface area contributed by atoms with Gasteiger partial charge in [0, 0.05) is 24.7 Å². The minimum Gasteiger partial charge on any atom is -0.393 e. The lowest BCUT2D eigenvalue weighted by molar-refractivity contribution is 0.123. The molecule has 4 aromatic rings. The molecule has 0 saturated heterocycles. The van der Waals surface area contributed by atoms with Crippen LogP contribution in [0.1, 0.15) is 76.8 Å². The number of aliphatic hydroxyl groups is 2. The molecule has 2 fully saturated rings. The summed E-state index contributed by atoms with van der Waals surface area (Å²) < 4.78 is 2.08. The third kappa shape index (κ3) is 7.85. The van der Waals surface area contributed by atoms with Gasteiger partial charge in [-0.3, -0.25) is 0 Å². The fraction of sp³-hybridized carbons (Fsp3) is 0.485. The lowest BCUT2D eigenvalue weighted by Crippen LogP contribution is -2.29. The Labute approximate surface area is 248 Å². The standard InChI is InChI=1S/C27H32N6O.C6H13NO/c1-18(2)33-17-29-24-25(31-27(32-26(24)33)30-22-12-14-23(34)15-13-22)28-16-19-8-10-21(11-9-19)20-6-4-3-5-7-20;7-5-1-3-6(8)4-2-5/h3-11,17-18,22-23,34H,12-16H2,1-2H3,(H2,28,30,31,32);5-6,8H,1-4,7H2. The largest absolute Gasteiger partial charge is 0.393 e. The molecule has 6 N–H and O–H groups in total. The minimum atomic E-state index is -0.186. The van der Waals surface area contributed by atoms with E-state index in [2.05, 4.69) is 82.6 Å². The van der Waals surface area contributed by atoms with Crippen molar-refractivity contribution in [3.05, 3.63) is 66.5 Å². The molecule has 0 bridgehead atoms. The van der Waals surface area contributed by atoms with Crippen molar-refractivity contribution in [1.29, 1.82) is 0 Å². The van der Waals surface area contributed by atoms with Gasteiger partial charge in [0.2, 0.25) is 5.95 Å². The Bertz CT molecular complexity index is 1380. The highest BCUT2D eigenvalue weighted by Gasteiger charge is 2.22. The molecular weight excluding hydrogens is 526 g/mol. The normalized spacial score (nSPS) is 22.4. The molecule has 0 unspecified atom stereocenters. The molecule has 9 nitrogen and oxygen atoms in total. The Hall–Kier alpha value is -3.53. The molecule has 224 valence electrons. The van der Waals surface area contributed by atoms with Crippen LogP contribution in [0.4, 0.5) is 11.8 Å². The fourth-order valence-electron chi connectivity index (χ4n) is 5.62. The average molecular weight is 572 g/mol. The first kappa shape index (κ1) is 29.9. The van der Waals surface area contributed by atoms with Gasteiger partial charge in [-0.25, -0.2) is 4.98 Å². The number of rotatable bonds is 7. The maximum atomic E-state index is 9.83. The van der Waals surface area contributed by atoms with Crippen molar-refractivity contribution in [2.24, 2.45) is 5.73 Å². The van der Waals surface area contributed by atoms with Crippen LogP contribution in [0, 0.1) is 0 Å². The second-order valence-electron chi connectivity index (χ2n) is 11.9. The molecule has 2 aliphatic rings. The zero-order chi connectivity index (χ0) is 29.5. The highest BCUT2D eigenvalue weighted by Crippen LogP contribution is 2.27. The van der Waals surface area contributed by atoms with Gasteiger partial charge in [0.25, 0.3) is 0 Å². The van der Waals surface area contributed by atoms with Crippen LogP contribution in [0.15, 0.2) is 60.9 Å². The number of fused-ring (bicyclic) bond motifs is 1. The molecule has 0 radical (unpaired) electrons. The van der Waals surface area contributed by atoms with E-state index in [0.717, 1.165) is 68.3 Å². The molecule has 42 heavy (non-hydrogen) atoms. The third-order valence-electron chi connectivity index (χ3n) is 8.27. The molecule has 2 aliphatic carbocycles. The highest BCUT2D eigenvalue weighted by molar-refractivity contribution is 5.84. The molecule has 0 aliphatic heterocycles. The van der Waals surface area contributed by atoms with Gasteiger partial charge in [0.1, 0.15) is 0 Å². The first-order valence-electron chi connectivity index (χ1n) is 15.4. The molecule has 0 spiro atoms. The number of nitrogens with zero attached hydrogens (tertiary/aromatic N) is 4. The molecular formula is C33H45N7O2. The molecule has 0 amide bonds. The zero-order valence-corrected chi connectivity index (χ0v) is 24.8. The number of hydrogen-bond acceptors (Lipinski definition) is 8. The summed E-state index contributed by atoms with van der Waals surface area (Å²) in [7, 11) is 0. The van der Waals surface area contributed by atoms with E-state index in [4.69, 9.17) is 20.8 Å². The van der Waals surface area contributed by atoms with Gasteiger partial charge >= 0.3 is 0 Å². The van der Waals surface area contributed by atoms with Gasteiger partial charge in [-0.05, 0) is 81.9 Å². The molecule has 2 saturated carbocycles. The number of nitrogens with two attached hydrogens (primary N) is 1. The predicted molar refractivity (Wildman–Crippen MR) is 169 cm³/mol. The summed E-state index contributed by atoms with van der Waals surface area (Å²) in [5.74, 6) is 1.34. The number of anilines is 2. The summed E-state index contributed by atoms with van der Waals surface area (Å²) in [5, 5.41) is 25.8. The molecule has 2 heterocycles. The number of aliphatic hydroxyl groups excluding tert-OH is 2. The van der Waals surface area contributed by atoms with Crippen molar-refractivity contribution in [1.82, 2.24) is 19.5 Å². The summed E-state index contributed by atoms with van der Waals surface area (Å²) in [6.45, 7) is 4.89. The van der Waals surface area contributed by atoms with Crippen molar-refractivity contribution < 1.29 is 10.2 Å². The molecule has 9 heteroatoms. The maximum Gasteiger partial charge on any atom is 0.227 e. The summed E-state index contributed by atoms with van der Waals surface area (Å²) >= 11 is 0. The maximum absolute atomic E-state index is 9.83. The van der Waals surface area contributed by atoms with Crippen molar-refractivity contribution in [2.45, 2.75) is 102 Å². The van der Waals surface area contributed by atoms with Gasteiger partial charge in [0.05, 0.1) is 18.5 Å². The lowest BCUT2D eigenvalue weighted by atomic mass is 9.93. The average Bonchev–Trinajstić information content (AvgIpc) is 3.44. The van der Waals surface area contributed by atoms with Crippen molar-refractivity contribution in [2.75, 3.05) is 10.6 Å². The summed E-state index contributed by atoms with van der Waals surface area (Å²) in [5.41, 5.74) is 10.8. The molecule has 0 atom stereocenters. The van der Waals surface area contributed by atoms with Crippen LogP contribution in [0.2, 0.25) is 0 Å². The van der Waals surface area contributed by atoms with Crippen molar-refractivity contribution >= 4 is 22.9 Å². The van der Waals surface area contributed by atoms with Crippen molar-refractivity contribution in [3.63, 3.8) is 0 Å². The molecule has 2 aromatic carbocycles. The second kappa shape index (κ2) is 14.1. The highest BCUT2D eigenvalue weighted by atomic mass is 16.3. The van der Waals surface area contributed by atoms with Crippen LogP contribution >= 0.6 is 0 Å². The van der Waals surface area contributed by atoms with E-state index in [-0.39, 0.29) is 24.3 Å². The Morgan fingerprint density at radius 2 is 1.45 bits per heavy atom. The van der Waals surface area contributed by atoms with Crippen LogP contribution in [-0.4, -0.2) is 54.0 Å². The second-order valence-corrected chi connectivity index (χ2v) is 11.9. The minimum absolute atomic E-state index is 0.0604. The zero-order valence-electron chi connectivity index (χ0n) is 24.8.